The number of rotatable bonds is 4. The van der Waals surface area contributed by atoms with Gasteiger partial charge in [-0.3, -0.25) is 0 Å². The van der Waals surface area contributed by atoms with Crippen molar-refractivity contribution < 1.29 is 0 Å². The van der Waals surface area contributed by atoms with E-state index in [1.807, 2.05) is 0 Å². The SMILES string of the molecule is Cc1ccc(-c2cc3c4ccc5c(cc6c7ccc(-c8ccccc8)cc7c7cc(-c8ccc(C)cc8)cc5c76)c4cc4c5ccc(-c6ccccc6)cc5c(c2)c34)cc1. The van der Waals surface area contributed by atoms with Crippen molar-refractivity contribution in [3.8, 4) is 44.5 Å². The predicted molar refractivity (Wildman–Crippen MR) is 260 cm³/mol. The van der Waals surface area contributed by atoms with Gasteiger partial charge in [-0.05, 0) is 193 Å². The number of hydrogen-bond acceptors (Lipinski definition) is 0. The van der Waals surface area contributed by atoms with Gasteiger partial charge in [0.1, 0.15) is 0 Å². The van der Waals surface area contributed by atoms with Gasteiger partial charge in [-0.15, -0.1) is 0 Å². The highest BCUT2D eigenvalue weighted by Gasteiger charge is 2.21. The molecule has 0 spiro atoms. The fourth-order valence-corrected chi connectivity index (χ4v) is 10.4. The van der Waals surface area contributed by atoms with Crippen LogP contribution in [0, 0.1) is 13.8 Å². The molecule has 0 fully saturated rings. The van der Waals surface area contributed by atoms with Gasteiger partial charge in [0.05, 0.1) is 0 Å². The molecule has 0 nitrogen and oxygen atoms in total. The van der Waals surface area contributed by atoms with Gasteiger partial charge in [-0.1, -0.05) is 157 Å². The molecule has 0 heterocycles. The molecule has 0 atom stereocenters. The third-order valence-electron chi connectivity index (χ3n) is 13.4. The van der Waals surface area contributed by atoms with E-state index in [1.54, 1.807) is 0 Å². The molecule has 13 aromatic carbocycles. The van der Waals surface area contributed by atoms with Gasteiger partial charge in [0.15, 0.2) is 0 Å². The van der Waals surface area contributed by atoms with E-state index in [9.17, 15) is 0 Å². The van der Waals surface area contributed by atoms with Crippen molar-refractivity contribution in [3.63, 3.8) is 0 Å². The summed E-state index contributed by atoms with van der Waals surface area (Å²) in [5.74, 6) is 0. The van der Waals surface area contributed by atoms with Gasteiger partial charge >= 0.3 is 0 Å². The van der Waals surface area contributed by atoms with E-state index in [1.165, 1.54) is 142 Å². The highest BCUT2D eigenvalue weighted by molar-refractivity contribution is 6.41. The van der Waals surface area contributed by atoms with E-state index in [4.69, 9.17) is 0 Å². The van der Waals surface area contributed by atoms with E-state index in [0.29, 0.717) is 0 Å². The standard InChI is InChI=1S/C60H38/c1-35-13-17-39(18-14-35)43-29-53-47-25-26-48-52(51(47)33-57-45-23-21-41(37-9-5-3-6-10-37)27-49(45)55(31-43)59(53)57)34-58-46-24-22-42(38-11-7-4-8-12-38)28-50(46)56-32-44(30-54(48)60(56)58)40-19-15-36(2)16-20-40/h3-34H,1-2H3. The van der Waals surface area contributed by atoms with Crippen LogP contribution in [-0.2, 0) is 0 Å². The van der Waals surface area contributed by atoms with Crippen LogP contribution in [0.1, 0.15) is 11.1 Å². The van der Waals surface area contributed by atoms with Gasteiger partial charge in [0, 0.05) is 0 Å². The van der Waals surface area contributed by atoms with Gasteiger partial charge in [0.2, 0.25) is 0 Å². The zero-order chi connectivity index (χ0) is 39.6. The Balaban J connectivity index is 1.17. The first-order chi connectivity index (χ1) is 29.5. The molecule has 0 amide bonds. The monoisotopic (exact) mass is 758 g/mol. The average molecular weight is 759 g/mol. The van der Waals surface area contributed by atoms with Crippen molar-refractivity contribution in [2.45, 2.75) is 13.8 Å². The second-order valence-electron chi connectivity index (χ2n) is 17.0. The van der Waals surface area contributed by atoms with Crippen LogP contribution in [-0.4, -0.2) is 0 Å². The molecule has 0 saturated carbocycles. The maximum atomic E-state index is 2.51. The lowest BCUT2D eigenvalue weighted by Gasteiger charge is -2.14. The third-order valence-corrected chi connectivity index (χ3v) is 13.4. The van der Waals surface area contributed by atoms with Crippen LogP contribution in [0.25, 0.3) is 131 Å². The van der Waals surface area contributed by atoms with Crippen molar-refractivity contribution in [1.29, 1.82) is 0 Å². The number of hydrogen-bond donors (Lipinski definition) is 0. The van der Waals surface area contributed by atoms with Crippen molar-refractivity contribution in [3.05, 3.63) is 205 Å². The van der Waals surface area contributed by atoms with E-state index < -0.39 is 0 Å². The topological polar surface area (TPSA) is 0 Å². The van der Waals surface area contributed by atoms with E-state index >= 15 is 0 Å². The van der Waals surface area contributed by atoms with Crippen LogP contribution in [0.2, 0.25) is 0 Å². The molecule has 0 bridgehead atoms. The minimum Gasteiger partial charge on any atom is -0.0622 e. The number of aryl methyl sites for hydroxylation is 2. The molecule has 0 unspecified atom stereocenters. The van der Waals surface area contributed by atoms with E-state index in [0.717, 1.165) is 0 Å². The Morgan fingerprint density at radius 1 is 0.183 bits per heavy atom. The molecule has 13 aromatic rings. The Bertz CT molecular complexity index is 3580. The first kappa shape index (κ1) is 33.4. The molecular weight excluding hydrogens is 721 g/mol. The Morgan fingerprint density at radius 3 is 0.833 bits per heavy atom. The zero-order valence-corrected chi connectivity index (χ0v) is 33.5. The molecule has 13 rings (SSSR count). The molecule has 0 saturated heterocycles. The highest BCUT2D eigenvalue weighted by Crippen LogP contribution is 2.50. The second kappa shape index (κ2) is 12.5. The molecule has 278 valence electrons. The Labute approximate surface area is 348 Å². The lowest BCUT2D eigenvalue weighted by atomic mass is 9.89. The van der Waals surface area contributed by atoms with Gasteiger partial charge in [-0.2, -0.15) is 0 Å². The lowest BCUT2D eigenvalue weighted by molar-refractivity contribution is 1.47. The van der Waals surface area contributed by atoms with Crippen molar-refractivity contribution in [2.75, 3.05) is 0 Å². The van der Waals surface area contributed by atoms with Gasteiger partial charge < -0.3 is 0 Å². The first-order valence-corrected chi connectivity index (χ1v) is 21.1. The summed E-state index contributed by atoms with van der Waals surface area (Å²) in [6, 6.07) is 73.4. The fourth-order valence-electron chi connectivity index (χ4n) is 10.4. The van der Waals surface area contributed by atoms with E-state index in [2.05, 4.69) is 208 Å². The minimum absolute atomic E-state index is 1.24. The van der Waals surface area contributed by atoms with Crippen LogP contribution >= 0.6 is 0 Å². The molecule has 0 aliphatic heterocycles. The quantitative estimate of drug-likeness (QED) is 0.157. The van der Waals surface area contributed by atoms with Crippen molar-refractivity contribution >= 4 is 86.2 Å². The maximum Gasteiger partial charge on any atom is -0.00195 e. The summed E-state index contributed by atoms with van der Waals surface area (Å²) in [6.07, 6.45) is 0. The predicted octanol–water partition coefficient (Wildman–Crippen LogP) is 17.1. The van der Waals surface area contributed by atoms with Crippen LogP contribution in [0.4, 0.5) is 0 Å². The van der Waals surface area contributed by atoms with Crippen molar-refractivity contribution in [1.82, 2.24) is 0 Å². The third kappa shape index (κ3) is 4.85. The van der Waals surface area contributed by atoms with Crippen LogP contribution in [0.15, 0.2) is 194 Å². The summed E-state index contributed by atoms with van der Waals surface area (Å²) in [7, 11) is 0. The van der Waals surface area contributed by atoms with Crippen LogP contribution < -0.4 is 0 Å². The largest absolute Gasteiger partial charge is 0.0622 e. The minimum atomic E-state index is 1.24. The van der Waals surface area contributed by atoms with Crippen LogP contribution in [0.3, 0.4) is 0 Å². The summed E-state index contributed by atoms with van der Waals surface area (Å²) >= 11 is 0. The normalized spacial score (nSPS) is 12.2. The Morgan fingerprint density at radius 2 is 0.450 bits per heavy atom. The molecular formula is C60H38. The zero-order valence-electron chi connectivity index (χ0n) is 33.5. The summed E-state index contributed by atoms with van der Waals surface area (Å²) in [5.41, 5.74) is 12.5. The number of benzene rings is 11. The molecule has 0 aliphatic rings. The average Bonchev–Trinajstić information content (AvgIpc) is 3.79. The second-order valence-corrected chi connectivity index (χ2v) is 17.0. The number of fused-ring (bicyclic) bond motifs is 11. The van der Waals surface area contributed by atoms with Gasteiger partial charge in [0.25, 0.3) is 0 Å². The molecule has 0 heteroatoms. The molecule has 0 aliphatic carbocycles. The summed E-state index contributed by atoms with van der Waals surface area (Å²) in [5, 5.41) is 21.1. The lowest BCUT2D eigenvalue weighted by Crippen LogP contribution is -1.86. The van der Waals surface area contributed by atoms with E-state index in [-0.39, 0.29) is 0 Å². The molecule has 0 radical (unpaired) electrons. The van der Waals surface area contributed by atoms with Crippen LogP contribution in [0.5, 0.6) is 0 Å². The summed E-state index contributed by atoms with van der Waals surface area (Å²) in [4.78, 5) is 0. The summed E-state index contributed by atoms with van der Waals surface area (Å²) in [6.45, 7) is 4.33. The maximum absolute atomic E-state index is 2.51. The Kier molecular flexibility index (Phi) is 6.95. The fraction of sp³-hybridized carbons (Fsp3) is 0.0333. The smallest absolute Gasteiger partial charge is 0.00195 e. The molecule has 60 heavy (non-hydrogen) atoms. The highest BCUT2D eigenvalue weighted by atomic mass is 14.2. The van der Waals surface area contributed by atoms with Crippen molar-refractivity contribution in [2.24, 2.45) is 0 Å². The Hall–Kier alpha value is -7.54. The molecule has 0 N–H and O–H groups in total. The first-order valence-electron chi connectivity index (χ1n) is 21.1. The summed E-state index contributed by atoms with van der Waals surface area (Å²) < 4.78 is 0. The van der Waals surface area contributed by atoms with Gasteiger partial charge in [-0.25, -0.2) is 0 Å². The molecule has 0 aromatic heterocycles.